The molecule has 0 saturated carbocycles. The lowest BCUT2D eigenvalue weighted by Crippen LogP contribution is -2.34. The van der Waals surface area contributed by atoms with Crippen LogP contribution in [-0.4, -0.2) is 24.3 Å². The third kappa shape index (κ3) is 4.00. The van der Waals surface area contributed by atoms with Crippen LogP contribution in [0.5, 0.6) is 0 Å². The normalized spacial score (nSPS) is 12.9. The van der Waals surface area contributed by atoms with Crippen LogP contribution in [-0.2, 0) is 20.8 Å². The number of carbonyl (C=O) groups is 3. The fraction of sp³-hybridized carbons (Fsp3) is 0.286. The maximum Gasteiger partial charge on any atom is 0.314 e. The van der Waals surface area contributed by atoms with Crippen LogP contribution in [0.2, 0.25) is 0 Å². The second kappa shape index (κ2) is 7.61. The van der Waals surface area contributed by atoms with Crippen molar-refractivity contribution >= 4 is 34.8 Å². The Bertz CT molecular complexity index is 921. The van der Waals surface area contributed by atoms with Gasteiger partial charge in [0.1, 0.15) is 0 Å². The van der Waals surface area contributed by atoms with Gasteiger partial charge in [-0.15, -0.1) is 0 Å². The highest BCUT2D eigenvalue weighted by Crippen LogP contribution is 2.30. The van der Waals surface area contributed by atoms with Gasteiger partial charge in [0.25, 0.3) is 0 Å². The van der Waals surface area contributed by atoms with Crippen LogP contribution in [0.25, 0.3) is 0 Å². The van der Waals surface area contributed by atoms with E-state index in [0.29, 0.717) is 17.9 Å². The minimum Gasteiger partial charge on any atom is -0.318 e. The molecule has 0 atom stereocenters. The Balaban J connectivity index is 1.74. The first kappa shape index (κ1) is 18.6. The molecule has 6 nitrogen and oxygen atoms in total. The smallest absolute Gasteiger partial charge is 0.314 e. The molecule has 1 heterocycles. The molecule has 0 unspecified atom stereocenters. The summed E-state index contributed by atoms with van der Waals surface area (Å²) in [5, 5.41) is 5.26. The van der Waals surface area contributed by atoms with Crippen LogP contribution in [0.3, 0.4) is 0 Å². The molecule has 2 N–H and O–H groups in total. The van der Waals surface area contributed by atoms with E-state index in [9.17, 15) is 14.4 Å². The highest BCUT2D eigenvalue weighted by Gasteiger charge is 2.21. The molecule has 3 amide bonds. The Morgan fingerprint density at radius 1 is 1.00 bits per heavy atom. The molecular formula is C21H23N3O3. The zero-order valence-electron chi connectivity index (χ0n) is 15.8. The number of anilines is 3. The second-order valence-corrected chi connectivity index (χ2v) is 6.77. The van der Waals surface area contributed by atoms with E-state index in [-0.39, 0.29) is 5.91 Å². The Hall–Kier alpha value is -3.15. The number of rotatable bonds is 2. The second-order valence-electron chi connectivity index (χ2n) is 6.77. The van der Waals surface area contributed by atoms with Gasteiger partial charge in [0.05, 0.1) is 0 Å². The molecule has 3 rings (SSSR count). The average molecular weight is 365 g/mol. The van der Waals surface area contributed by atoms with Gasteiger partial charge in [0.15, 0.2) is 0 Å². The van der Waals surface area contributed by atoms with Gasteiger partial charge in [-0.2, -0.15) is 0 Å². The lowest BCUT2D eigenvalue weighted by molar-refractivity contribution is -0.133. The molecule has 0 aromatic heterocycles. The van der Waals surface area contributed by atoms with Crippen molar-refractivity contribution in [3.63, 3.8) is 0 Å². The molecule has 1 aliphatic heterocycles. The molecule has 0 saturated heterocycles. The van der Waals surface area contributed by atoms with E-state index in [4.69, 9.17) is 0 Å². The Labute approximate surface area is 158 Å². The molecule has 0 aliphatic carbocycles. The average Bonchev–Trinajstić information content (AvgIpc) is 2.64. The van der Waals surface area contributed by atoms with E-state index >= 15 is 0 Å². The van der Waals surface area contributed by atoms with Crippen molar-refractivity contribution in [3.05, 3.63) is 53.1 Å². The van der Waals surface area contributed by atoms with Gasteiger partial charge < -0.3 is 15.5 Å². The summed E-state index contributed by atoms with van der Waals surface area (Å²) in [6, 6.07) is 10.9. The fourth-order valence-corrected chi connectivity index (χ4v) is 3.23. The third-order valence-corrected chi connectivity index (χ3v) is 4.90. The summed E-state index contributed by atoms with van der Waals surface area (Å²) in [6.45, 7) is 6.02. The number of amides is 3. The number of nitrogens with one attached hydrogen (secondary N) is 2. The summed E-state index contributed by atoms with van der Waals surface area (Å²) >= 11 is 0. The lowest BCUT2D eigenvalue weighted by Gasteiger charge is -2.29. The summed E-state index contributed by atoms with van der Waals surface area (Å²) in [5.41, 5.74) is 4.92. The van der Waals surface area contributed by atoms with Gasteiger partial charge in [0, 0.05) is 30.5 Å². The van der Waals surface area contributed by atoms with Gasteiger partial charge >= 0.3 is 11.8 Å². The van der Waals surface area contributed by atoms with E-state index in [1.54, 1.807) is 23.1 Å². The minimum atomic E-state index is -0.749. The number of carbonyl (C=O) groups excluding carboxylic acids is 3. The molecule has 1 aliphatic rings. The molecule has 0 bridgehead atoms. The first-order chi connectivity index (χ1) is 12.9. The Kier molecular flexibility index (Phi) is 5.26. The third-order valence-electron chi connectivity index (χ3n) is 4.90. The standard InChI is InChI=1S/C21H23N3O3/c1-13-6-4-8-18(14(13)2)23-21(27)20(26)22-17-10-9-16-7-5-11-24(15(3)25)19(16)12-17/h4,6,8-10,12H,5,7,11H2,1-3H3,(H,22,26)(H,23,27). The van der Waals surface area contributed by atoms with Crippen molar-refractivity contribution in [2.45, 2.75) is 33.6 Å². The highest BCUT2D eigenvalue weighted by molar-refractivity contribution is 6.43. The number of hydrogen-bond donors (Lipinski definition) is 2. The molecule has 27 heavy (non-hydrogen) atoms. The quantitative estimate of drug-likeness (QED) is 0.803. The summed E-state index contributed by atoms with van der Waals surface area (Å²) in [4.78, 5) is 38.1. The van der Waals surface area contributed by atoms with E-state index < -0.39 is 11.8 Å². The first-order valence-corrected chi connectivity index (χ1v) is 8.96. The largest absolute Gasteiger partial charge is 0.318 e. The van der Waals surface area contributed by atoms with Crippen LogP contribution in [0.4, 0.5) is 17.1 Å². The molecule has 0 radical (unpaired) electrons. The van der Waals surface area contributed by atoms with Crippen LogP contribution >= 0.6 is 0 Å². The van der Waals surface area contributed by atoms with Crippen molar-refractivity contribution in [1.82, 2.24) is 0 Å². The minimum absolute atomic E-state index is 0.0351. The monoisotopic (exact) mass is 365 g/mol. The molecule has 6 heteroatoms. The number of hydrogen-bond acceptors (Lipinski definition) is 3. The topological polar surface area (TPSA) is 78.5 Å². The number of nitrogens with zero attached hydrogens (tertiary/aromatic N) is 1. The van der Waals surface area contributed by atoms with Crippen molar-refractivity contribution < 1.29 is 14.4 Å². The van der Waals surface area contributed by atoms with E-state index in [1.807, 2.05) is 32.0 Å². The van der Waals surface area contributed by atoms with Crippen molar-refractivity contribution in [3.8, 4) is 0 Å². The van der Waals surface area contributed by atoms with Gasteiger partial charge in [-0.1, -0.05) is 18.2 Å². The number of benzene rings is 2. The molecule has 0 spiro atoms. The van der Waals surface area contributed by atoms with E-state index in [0.717, 1.165) is 35.2 Å². The van der Waals surface area contributed by atoms with Crippen molar-refractivity contribution in [1.29, 1.82) is 0 Å². The number of aryl methyl sites for hydroxylation is 2. The van der Waals surface area contributed by atoms with Gasteiger partial charge in [-0.25, -0.2) is 0 Å². The van der Waals surface area contributed by atoms with E-state index in [1.165, 1.54) is 6.92 Å². The predicted molar refractivity (Wildman–Crippen MR) is 106 cm³/mol. The zero-order valence-corrected chi connectivity index (χ0v) is 15.8. The lowest BCUT2D eigenvalue weighted by atomic mass is 10.0. The molecule has 0 fully saturated rings. The van der Waals surface area contributed by atoms with Gasteiger partial charge in [-0.3, -0.25) is 14.4 Å². The van der Waals surface area contributed by atoms with Gasteiger partial charge in [0.2, 0.25) is 5.91 Å². The maximum atomic E-state index is 12.3. The zero-order chi connectivity index (χ0) is 19.6. The summed E-state index contributed by atoms with van der Waals surface area (Å²) < 4.78 is 0. The van der Waals surface area contributed by atoms with Crippen LogP contribution in [0.15, 0.2) is 36.4 Å². The fourth-order valence-electron chi connectivity index (χ4n) is 3.23. The molecular weight excluding hydrogens is 342 g/mol. The summed E-state index contributed by atoms with van der Waals surface area (Å²) in [5.74, 6) is -1.52. The Morgan fingerprint density at radius 2 is 1.74 bits per heavy atom. The number of fused-ring (bicyclic) bond motifs is 1. The highest BCUT2D eigenvalue weighted by atomic mass is 16.2. The first-order valence-electron chi connectivity index (χ1n) is 8.96. The van der Waals surface area contributed by atoms with Crippen molar-refractivity contribution in [2.75, 3.05) is 22.1 Å². The van der Waals surface area contributed by atoms with Crippen LogP contribution in [0.1, 0.15) is 30.0 Å². The van der Waals surface area contributed by atoms with Crippen LogP contribution < -0.4 is 15.5 Å². The maximum absolute atomic E-state index is 12.3. The Morgan fingerprint density at radius 3 is 2.48 bits per heavy atom. The summed E-state index contributed by atoms with van der Waals surface area (Å²) in [6.07, 6.45) is 1.80. The summed E-state index contributed by atoms with van der Waals surface area (Å²) in [7, 11) is 0. The van der Waals surface area contributed by atoms with Gasteiger partial charge in [-0.05, 0) is 61.6 Å². The molecule has 2 aromatic rings. The molecule has 2 aromatic carbocycles. The predicted octanol–water partition coefficient (Wildman–Crippen LogP) is 3.18. The SMILES string of the molecule is CC(=O)N1CCCc2ccc(NC(=O)C(=O)Nc3cccc(C)c3C)cc21. The molecule has 140 valence electrons. The van der Waals surface area contributed by atoms with Crippen molar-refractivity contribution in [2.24, 2.45) is 0 Å². The van der Waals surface area contributed by atoms with Crippen LogP contribution in [0, 0.1) is 13.8 Å². The van der Waals surface area contributed by atoms with E-state index in [2.05, 4.69) is 10.6 Å².